The summed E-state index contributed by atoms with van der Waals surface area (Å²) in [5, 5.41) is 9.20. The predicted octanol–water partition coefficient (Wildman–Crippen LogP) is 3.41. The molecule has 2 rings (SSSR count). The Morgan fingerprint density at radius 2 is 1.74 bits per heavy atom. The zero-order chi connectivity index (χ0) is 16.7. The van der Waals surface area contributed by atoms with Gasteiger partial charge in [-0.05, 0) is 36.2 Å². The van der Waals surface area contributed by atoms with E-state index in [4.69, 9.17) is 14.2 Å². The van der Waals surface area contributed by atoms with Gasteiger partial charge in [-0.1, -0.05) is 25.1 Å². The molecule has 0 spiro atoms. The number of carbonyl (C=O) groups is 1. The van der Waals surface area contributed by atoms with Crippen LogP contribution in [0.2, 0.25) is 0 Å². The summed E-state index contributed by atoms with van der Waals surface area (Å²) in [6, 6.07) is 12.6. The molecule has 0 unspecified atom stereocenters. The number of aryl methyl sites for hydroxylation is 1. The molecule has 0 radical (unpaired) electrons. The quantitative estimate of drug-likeness (QED) is 0.756. The molecule has 0 saturated carbocycles. The number of benzene rings is 2. The fourth-order valence-electron chi connectivity index (χ4n) is 2.12. The molecule has 0 bridgehead atoms. The molecule has 0 fully saturated rings. The van der Waals surface area contributed by atoms with Crippen molar-refractivity contribution in [1.82, 2.24) is 0 Å². The Balaban J connectivity index is 1.94. The van der Waals surface area contributed by atoms with Crippen molar-refractivity contribution >= 4 is 5.97 Å². The third-order valence-electron chi connectivity index (χ3n) is 3.36. The van der Waals surface area contributed by atoms with Crippen LogP contribution in [0.5, 0.6) is 17.2 Å². The summed E-state index contributed by atoms with van der Waals surface area (Å²) >= 11 is 0. The highest BCUT2D eigenvalue weighted by molar-refractivity contribution is 5.92. The number of hydrogen-bond acceptors (Lipinski definition) is 4. The first-order valence-electron chi connectivity index (χ1n) is 7.40. The van der Waals surface area contributed by atoms with Gasteiger partial charge < -0.3 is 19.3 Å². The van der Waals surface area contributed by atoms with Gasteiger partial charge in [0.15, 0.2) is 11.5 Å². The maximum absolute atomic E-state index is 11.2. The van der Waals surface area contributed by atoms with Gasteiger partial charge in [-0.3, -0.25) is 0 Å². The van der Waals surface area contributed by atoms with Gasteiger partial charge in [0.2, 0.25) is 0 Å². The Morgan fingerprint density at radius 3 is 2.35 bits per heavy atom. The van der Waals surface area contributed by atoms with Crippen LogP contribution in [0.15, 0.2) is 42.5 Å². The molecule has 5 heteroatoms. The van der Waals surface area contributed by atoms with Crippen LogP contribution in [0.25, 0.3) is 0 Å². The summed E-state index contributed by atoms with van der Waals surface area (Å²) in [5.74, 6) is 0.295. The number of carboxylic acids is 1. The summed E-state index contributed by atoms with van der Waals surface area (Å²) < 4.78 is 16.3. The van der Waals surface area contributed by atoms with E-state index in [1.165, 1.54) is 18.7 Å². The highest BCUT2D eigenvalue weighted by atomic mass is 16.5. The molecule has 2 aromatic carbocycles. The van der Waals surface area contributed by atoms with Gasteiger partial charge in [-0.2, -0.15) is 0 Å². The van der Waals surface area contributed by atoms with Crippen molar-refractivity contribution in [3.05, 3.63) is 53.6 Å². The molecular weight excluding hydrogens is 296 g/mol. The lowest BCUT2D eigenvalue weighted by atomic mass is 10.2. The van der Waals surface area contributed by atoms with Crippen molar-refractivity contribution in [1.29, 1.82) is 0 Å². The lowest BCUT2D eigenvalue weighted by Crippen LogP contribution is -2.12. The Bertz CT molecular complexity index is 649. The van der Waals surface area contributed by atoms with Gasteiger partial charge in [0, 0.05) is 0 Å². The number of methoxy groups -OCH3 is 1. The molecule has 23 heavy (non-hydrogen) atoms. The van der Waals surface area contributed by atoms with E-state index < -0.39 is 5.97 Å². The molecular formula is C18H20O5. The first-order chi connectivity index (χ1) is 11.2. The van der Waals surface area contributed by atoms with Crippen molar-refractivity contribution < 1.29 is 24.1 Å². The van der Waals surface area contributed by atoms with E-state index >= 15 is 0 Å². The van der Waals surface area contributed by atoms with Crippen molar-refractivity contribution in [2.75, 3.05) is 20.3 Å². The maximum atomic E-state index is 11.2. The molecule has 0 aliphatic carbocycles. The van der Waals surface area contributed by atoms with Crippen molar-refractivity contribution in [3.8, 4) is 17.2 Å². The van der Waals surface area contributed by atoms with Crippen molar-refractivity contribution in [3.63, 3.8) is 0 Å². The lowest BCUT2D eigenvalue weighted by molar-refractivity contribution is 0.0690. The second kappa shape index (κ2) is 8.08. The smallest absolute Gasteiger partial charge is 0.339 e. The van der Waals surface area contributed by atoms with E-state index in [0.717, 1.165) is 12.2 Å². The number of carboxylic acid groups (broad SMARTS) is 1. The molecule has 0 aliphatic heterocycles. The minimum Gasteiger partial charge on any atom is -0.493 e. The average molecular weight is 316 g/mol. The lowest BCUT2D eigenvalue weighted by Gasteiger charge is -2.13. The average Bonchev–Trinajstić information content (AvgIpc) is 2.58. The van der Waals surface area contributed by atoms with Crippen LogP contribution in [0.4, 0.5) is 0 Å². The topological polar surface area (TPSA) is 65.0 Å². The number of para-hydroxylation sites is 1. The highest BCUT2D eigenvalue weighted by Crippen LogP contribution is 2.31. The molecule has 0 atom stereocenters. The van der Waals surface area contributed by atoms with E-state index in [-0.39, 0.29) is 17.9 Å². The number of rotatable bonds is 8. The van der Waals surface area contributed by atoms with Crippen molar-refractivity contribution in [2.45, 2.75) is 13.3 Å². The van der Waals surface area contributed by atoms with Crippen LogP contribution in [-0.4, -0.2) is 31.4 Å². The molecule has 5 nitrogen and oxygen atoms in total. The van der Waals surface area contributed by atoms with E-state index in [2.05, 4.69) is 6.92 Å². The SMILES string of the molecule is CCc1ccc(OCCOc2c(OC)cccc2C(=O)O)cc1. The van der Waals surface area contributed by atoms with Gasteiger partial charge in [0.25, 0.3) is 0 Å². The van der Waals surface area contributed by atoms with E-state index in [0.29, 0.717) is 12.4 Å². The molecule has 2 aromatic rings. The van der Waals surface area contributed by atoms with E-state index in [9.17, 15) is 9.90 Å². The summed E-state index contributed by atoms with van der Waals surface area (Å²) in [6.45, 7) is 2.62. The molecule has 0 aliphatic rings. The summed E-state index contributed by atoms with van der Waals surface area (Å²) in [4.78, 5) is 11.2. The van der Waals surface area contributed by atoms with Crippen LogP contribution in [0, 0.1) is 0 Å². The molecule has 122 valence electrons. The maximum Gasteiger partial charge on any atom is 0.339 e. The first-order valence-corrected chi connectivity index (χ1v) is 7.40. The standard InChI is InChI=1S/C18H20O5/c1-3-13-7-9-14(10-8-13)22-11-12-23-17-15(18(19)20)5-4-6-16(17)21-2/h4-10H,3,11-12H2,1-2H3,(H,19,20). The first kappa shape index (κ1) is 16.7. The minimum atomic E-state index is -1.06. The monoisotopic (exact) mass is 316 g/mol. The Kier molecular flexibility index (Phi) is 5.86. The Hall–Kier alpha value is -2.69. The van der Waals surface area contributed by atoms with E-state index in [1.54, 1.807) is 12.1 Å². The molecule has 0 saturated heterocycles. The normalized spacial score (nSPS) is 10.2. The van der Waals surface area contributed by atoms with Crippen molar-refractivity contribution in [2.24, 2.45) is 0 Å². The minimum absolute atomic E-state index is 0.0663. The third kappa shape index (κ3) is 4.39. The number of ether oxygens (including phenoxy) is 3. The molecule has 0 amide bonds. The van der Waals surface area contributed by atoms with Gasteiger partial charge in [-0.15, -0.1) is 0 Å². The Morgan fingerprint density at radius 1 is 1.04 bits per heavy atom. The number of hydrogen-bond donors (Lipinski definition) is 1. The second-order valence-electron chi connectivity index (χ2n) is 4.84. The molecule has 1 N–H and O–H groups in total. The van der Waals surface area contributed by atoms with Crippen LogP contribution in [0.1, 0.15) is 22.8 Å². The van der Waals surface area contributed by atoms with Gasteiger partial charge in [0.05, 0.1) is 7.11 Å². The van der Waals surface area contributed by atoms with Gasteiger partial charge in [0.1, 0.15) is 24.5 Å². The highest BCUT2D eigenvalue weighted by Gasteiger charge is 2.16. The van der Waals surface area contributed by atoms with E-state index in [1.807, 2.05) is 24.3 Å². The predicted molar refractivity (Wildman–Crippen MR) is 86.8 cm³/mol. The van der Waals surface area contributed by atoms with Gasteiger partial charge >= 0.3 is 5.97 Å². The third-order valence-corrected chi connectivity index (χ3v) is 3.36. The fourth-order valence-corrected chi connectivity index (χ4v) is 2.12. The van der Waals surface area contributed by atoms with Crippen LogP contribution in [-0.2, 0) is 6.42 Å². The zero-order valence-corrected chi connectivity index (χ0v) is 13.2. The van der Waals surface area contributed by atoms with Crippen LogP contribution >= 0.6 is 0 Å². The summed E-state index contributed by atoms with van der Waals surface area (Å²) in [7, 11) is 1.47. The molecule has 0 aromatic heterocycles. The van der Waals surface area contributed by atoms with Gasteiger partial charge in [-0.25, -0.2) is 4.79 Å². The second-order valence-corrected chi connectivity index (χ2v) is 4.84. The summed E-state index contributed by atoms with van der Waals surface area (Å²) in [5.41, 5.74) is 1.31. The Labute approximate surface area is 135 Å². The largest absolute Gasteiger partial charge is 0.493 e. The molecule has 0 heterocycles. The van der Waals surface area contributed by atoms with Crippen LogP contribution < -0.4 is 14.2 Å². The zero-order valence-electron chi connectivity index (χ0n) is 13.2. The number of aromatic carboxylic acids is 1. The summed E-state index contributed by atoms with van der Waals surface area (Å²) in [6.07, 6.45) is 0.981. The fraction of sp³-hybridized carbons (Fsp3) is 0.278. The van der Waals surface area contributed by atoms with Crippen LogP contribution in [0.3, 0.4) is 0 Å².